The van der Waals surface area contributed by atoms with Crippen molar-refractivity contribution in [2.75, 3.05) is 23.9 Å². The lowest BCUT2D eigenvalue weighted by Crippen LogP contribution is -2.30. The molecule has 0 radical (unpaired) electrons. The molecule has 0 saturated carbocycles. The van der Waals surface area contributed by atoms with Crippen LogP contribution in [0.1, 0.15) is 25.0 Å². The van der Waals surface area contributed by atoms with E-state index in [2.05, 4.69) is 12.2 Å². The predicted molar refractivity (Wildman–Crippen MR) is 84.3 cm³/mol. The second-order valence-corrected chi connectivity index (χ2v) is 7.39. The summed E-state index contributed by atoms with van der Waals surface area (Å²) >= 11 is 0. The summed E-state index contributed by atoms with van der Waals surface area (Å²) < 4.78 is 27.0. The molecule has 0 aliphatic carbocycles. The van der Waals surface area contributed by atoms with Gasteiger partial charge in [-0.25, -0.2) is 13.2 Å². The summed E-state index contributed by atoms with van der Waals surface area (Å²) in [5, 5.41) is 3.15. The summed E-state index contributed by atoms with van der Waals surface area (Å²) in [5.41, 5.74) is 3.13. The lowest BCUT2D eigenvalue weighted by molar-refractivity contribution is -0.143. The normalized spacial score (nSPS) is 12.8. The maximum absolute atomic E-state index is 11.9. The quantitative estimate of drug-likeness (QED) is 0.779. The van der Waals surface area contributed by atoms with Crippen LogP contribution in [-0.2, 0) is 25.8 Å². The number of para-hydroxylation sites is 1. The van der Waals surface area contributed by atoms with E-state index in [4.69, 9.17) is 4.74 Å². The highest BCUT2D eigenvalue weighted by molar-refractivity contribution is 7.90. The first-order valence-electron chi connectivity index (χ1n) is 6.94. The van der Waals surface area contributed by atoms with E-state index in [1.54, 1.807) is 6.92 Å². The molecule has 1 N–H and O–H groups in total. The summed E-state index contributed by atoms with van der Waals surface area (Å²) in [6, 6.07) is 5.44. The molecule has 0 aliphatic rings. The van der Waals surface area contributed by atoms with Crippen molar-refractivity contribution in [2.24, 2.45) is 0 Å². The Kier molecular flexibility index (Phi) is 6.20. The van der Waals surface area contributed by atoms with Gasteiger partial charge in [-0.05, 0) is 31.4 Å². The van der Waals surface area contributed by atoms with Gasteiger partial charge < -0.3 is 10.1 Å². The van der Waals surface area contributed by atoms with Crippen molar-refractivity contribution in [1.82, 2.24) is 0 Å². The highest BCUT2D eigenvalue weighted by Gasteiger charge is 2.17. The zero-order valence-electron chi connectivity index (χ0n) is 13.0. The number of sulfone groups is 1. The number of esters is 1. The van der Waals surface area contributed by atoms with Gasteiger partial charge in [0.15, 0.2) is 9.84 Å². The number of benzene rings is 1. The molecule has 0 aromatic heterocycles. The van der Waals surface area contributed by atoms with Gasteiger partial charge in [-0.15, -0.1) is 0 Å². The number of anilines is 1. The molecule has 118 valence electrons. The Balaban J connectivity index is 2.64. The molecule has 6 heteroatoms. The number of hydrogen-bond acceptors (Lipinski definition) is 5. The van der Waals surface area contributed by atoms with Crippen LogP contribution >= 0.6 is 0 Å². The lowest BCUT2D eigenvalue weighted by atomic mass is 10.1. The van der Waals surface area contributed by atoms with Crippen molar-refractivity contribution in [3.63, 3.8) is 0 Å². The van der Waals surface area contributed by atoms with Crippen LogP contribution in [0.3, 0.4) is 0 Å². The first kappa shape index (κ1) is 17.5. The van der Waals surface area contributed by atoms with Crippen LogP contribution in [0, 0.1) is 6.92 Å². The minimum atomic E-state index is -3.12. The maximum Gasteiger partial charge on any atom is 0.328 e. The maximum atomic E-state index is 11.9. The molecule has 0 amide bonds. The third-order valence-corrected chi connectivity index (χ3v) is 4.06. The second-order valence-electron chi connectivity index (χ2n) is 5.13. The number of hydrogen-bond donors (Lipinski definition) is 1. The SMILES string of the molecule is CCc1cccc(C)c1N[C@@H](C)C(=O)OCCS(C)(=O)=O. The third kappa shape index (κ3) is 5.75. The molecule has 0 saturated heterocycles. The van der Waals surface area contributed by atoms with Crippen LogP contribution in [0.25, 0.3) is 0 Å². The molecule has 0 unspecified atom stereocenters. The Morgan fingerprint density at radius 1 is 1.38 bits per heavy atom. The van der Waals surface area contributed by atoms with Crippen LogP contribution in [0.4, 0.5) is 5.69 Å². The fourth-order valence-electron chi connectivity index (χ4n) is 1.92. The minimum absolute atomic E-state index is 0.113. The van der Waals surface area contributed by atoms with E-state index in [9.17, 15) is 13.2 Å². The van der Waals surface area contributed by atoms with Crippen molar-refractivity contribution >= 4 is 21.5 Å². The van der Waals surface area contributed by atoms with Gasteiger partial charge in [-0.1, -0.05) is 25.1 Å². The summed E-state index contributed by atoms with van der Waals surface area (Å²) in [6.45, 7) is 5.62. The summed E-state index contributed by atoms with van der Waals surface area (Å²) in [6.07, 6.45) is 1.98. The average molecular weight is 313 g/mol. The topological polar surface area (TPSA) is 72.5 Å². The van der Waals surface area contributed by atoms with Gasteiger partial charge in [-0.2, -0.15) is 0 Å². The van der Waals surface area contributed by atoms with Gasteiger partial charge in [0.05, 0.1) is 5.75 Å². The first-order chi connectivity index (χ1) is 9.74. The van der Waals surface area contributed by atoms with E-state index >= 15 is 0 Å². The molecular weight excluding hydrogens is 290 g/mol. The largest absolute Gasteiger partial charge is 0.463 e. The van der Waals surface area contributed by atoms with Crippen LogP contribution in [-0.4, -0.2) is 39.0 Å². The molecule has 5 nitrogen and oxygen atoms in total. The molecular formula is C15H23NO4S. The fourth-order valence-corrected chi connectivity index (χ4v) is 2.31. The monoisotopic (exact) mass is 313 g/mol. The summed E-state index contributed by atoms with van der Waals surface area (Å²) in [5.74, 6) is -0.611. The number of carbonyl (C=O) groups is 1. The smallest absolute Gasteiger partial charge is 0.328 e. The number of rotatable bonds is 7. The molecule has 0 fully saturated rings. The number of carbonyl (C=O) groups excluding carboxylic acids is 1. The van der Waals surface area contributed by atoms with E-state index in [1.807, 2.05) is 25.1 Å². The van der Waals surface area contributed by atoms with Crippen LogP contribution in [0.15, 0.2) is 18.2 Å². The van der Waals surface area contributed by atoms with Crippen molar-refractivity contribution < 1.29 is 17.9 Å². The Bertz CT molecular complexity index is 596. The Morgan fingerprint density at radius 2 is 2.05 bits per heavy atom. The van der Waals surface area contributed by atoms with Crippen LogP contribution < -0.4 is 5.32 Å². The van der Waals surface area contributed by atoms with Crippen LogP contribution in [0.2, 0.25) is 0 Å². The molecule has 1 aromatic rings. The van der Waals surface area contributed by atoms with Crippen molar-refractivity contribution in [3.8, 4) is 0 Å². The number of aryl methyl sites for hydroxylation is 2. The molecule has 21 heavy (non-hydrogen) atoms. The van der Waals surface area contributed by atoms with Gasteiger partial charge in [0.1, 0.15) is 12.6 Å². The van der Waals surface area contributed by atoms with Gasteiger partial charge in [0.2, 0.25) is 0 Å². The van der Waals surface area contributed by atoms with E-state index in [-0.39, 0.29) is 12.4 Å². The van der Waals surface area contributed by atoms with Crippen molar-refractivity contribution in [3.05, 3.63) is 29.3 Å². The number of nitrogens with one attached hydrogen (secondary N) is 1. The molecule has 1 atom stereocenters. The van der Waals surface area contributed by atoms with Crippen LogP contribution in [0.5, 0.6) is 0 Å². The van der Waals surface area contributed by atoms with Gasteiger partial charge in [0.25, 0.3) is 0 Å². The Labute approximate surface area is 126 Å². The molecule has 0 heterocycles. The van der Waals surface area contributed by atoms with Crippen molar-refractivity contribution in [2.45, 2.75) is 33.2 Å². The summed E-state index contributed by atoms with van der Waals surface area (Å²) in [4.78, 5) is 11.9. The van der Waals surface area contributed by atoms with E-state index < -0.39 is 21.8 Å². The molecule has 0 aliphatic heterocycles. The third-order valence-electron chi connectivity index (χ3n) is 3.15. The zero-order valence-corrected chi connectivity index (χ0v) is 13.8. The van der Waals surface area contributed by atoms with E-state index in [1.165, 1.54) is 0 Å². The van der Waals surface area contributed by atoms with Gasteiger partial charge in [-0.3, -0.25) is 0 Å². The highest BCUT2D eigenvalue weighted by atomic mass is 32.2. The second kappa shape index (κ2) is 7.45. The van der Waals surface area contributed by atoms with Crippen molar-refractivity contribution in [1.29, 1.82) is 0 Å². The first-order valence-corrected chi connectivity index (χ1v) is 9.00. The molecule has 1 aromatic carbocycles. The standard InChI is InChI=1S/C15H23NO4S/c1-5-13-8-6-7-11(2)14(13)16-12(3)15(17)20-9-10-21(4,18)19/h6-8,12,16H,5,9-10H2,1-4H3/t12-/m0/s1. The van der Waals surface area contributed by atoms with Gasteiger partial charge >= 0.3 is 5.97 Å². The predicted octanol–water partition coefficient (Wildman–Crippen LogP) is 1.95. The highest BCUT2D eigenvalue weighted by Crippen LogP contribution is 2.22. The van der Waals surface area contributed by atoms with E-state index in [0.717, 1.165) is 29.5 Å². The number of ether oxygens (including phenoxy) is 1. The Morgan fingerprint density at radius 3 is 2.62 bits per heavy atom. The molecule has 1 rings (SSSR count). The van der Waals surface area contributed by atoms with E-state index in [0.29, 0.717) is 0 Å². The van der Waals surface area contributed by atoms with Gasteiger partial charge in [0, 0.05) is 11.9 Å². The minimum Gasteiger partial charge on any atom is -0.463 e. The molecule has 0 bridgehead atoms. The average Bonchev–Trinajstić information content (AvgIpc) is 2.39. The molecule has 0 spiro atoms. The fraction of sp³-hybridized carbons (Fsp3) is 0.533. The zero-order chi connectivity index (χ0) is 16.0. The summed E-state index contributed by atoms with van der Waals surface area (Å²) in [7, 11) is -3.12. The Hall–Kier alpha value is -1.56. The lowest BCUT2D eigenvalue weighted by Gasteiger charge is -2.18.